The zero-order valence-electron chi connectivity index (χ0n) is 12.7. The van der Waals surface area contributed by atoms with Crippen LogP contribution in [0.4, 0.5) is 11.4 Å². The Balaban J connectivity index is 1.97. The van der Waals surface area contributed by atoms with E-state index in [1.54, 1.807) is 0 Å². The van der Waals surface area contributed by atoms with Gasteiger partial charge in [0.1, 0.15) is 0 Å². The molecule has 0 saturated heterocycles. The molecule has 0 radical (unpaired) electrons. The summed E-state index contributed by atoms with van der Waals surface area (Å²) in [5.74, 6) is 0. The van der Waals surface area contributed by atoms with Crippen LogP contribution < -0.4 is 15.1 Å². The average Bonchev–Trinajstić information content (AvgIpc) is 2.42. The second-order valence-corrected chi connectivity index (χ2v) is 6.06. The molecule has 1 heterocycles. The van der Waals surface area contributed by atoms with Crippen LogP contribution in [0.5, 0.6) is 0 Å². The Labute approximate surface area is 117 Å². The van der Waals surface area contributed by atoms with Gasteiger partial charge in [0, 0.05) is 38.8 Å². The van der Waals surface area contributed by atoms with Crippen molar-refractivity contribution < 1.29 is 0 Å². The highest BCUT2D eigenvalue weighted by Crippen LogP contribution is 2.31. The Morgan fingerprint density at radius 1 is 1.16 bits per heavy atom. The first-order valence-corrected chi connectivity index (χ1v) is 7.33. The maximum atomic E-state index is 3.64. The average molecular weight is 261 g/mol. The summed E-state index contributed by atoms with van der Waals surface area (Å²) in [5, 5.41) is 3.64. The number of likely N-dealkylation sites (N-methyl/N-ethyl adjacent to an activating group) is 1. The van der Waals surface area contributed by atoms with Gasteiger partial charge in [0.15, 0.2) is 0 Å². The first kappa shape index (κ1) is 14.2. The monoisotopic (exact) mass is 261 g/mol. The van der Waals surface area contributed by atoms with Crippen molar-refractivity contribution in [1.29, 1.82) is 0 Å². The van der Waals surface area contributed by atoms with Gasteiger partial charge in [-0.15, -0.1) is 0 Å². The third kappa shape index (κ3) is 3.41. The van der Waals surface area contributed by atoms with Crippen LogP contribution in [0.2, 0.25) is 0 Å². The summed E-state index contributed by atoms with van der Waals surface area (Å²) in [6, 6.07) is 8.70. The molecule has 0 atom stereocenters. The third-order valence-corrected chi connectivity index (χ3v) is 4.21. The summed E-state index contributed by atoms with van der Waals surface area (Å²) in [7, 11) is 2.18. The summed E-state index contributed by atoms with van der Waals surface area (Å²) in [6.07, 6.45) is 1.16. The Hall–Kier alpha value is -1.22. The van der Waals surface area contributed by atoms with Gasteiger partial charge < -0.3 is 15.1 Å². The minimum atomic E-state index is 0.242. The fourth-order valence-electron chi connectivity index (χ4n) is 2.45. The van der Waals surface area contributed by atoms with Crippen LogP contribution in [0.1, 0.15) is 27.2 Å². The van der Waals surface area contributed by atoms with E-state index in [9.17, 15) is 0 Å². The van der Waals surface area contributed by atoms with Gasteiger partial charge in [-0.1, -0.05) is 19.1 Å². The van der Waals surface area contributed by atoms with Crippen molar-refractivity contribution >= 4 is 11.4 Å². The van der Waals surface area contributed by atoms with E-state index < -0.39 is 0 Å². The molecule has 3 nitrogen and oxygen atoms in total. The number of para-hydroxylation sites is 2. The SMILES string of the molecule is CCC(C)(C)NCCN1CCN(C)c2ccccc21. The molecule has 3 heteroatoms. The molecule has 0 fully saturated rings. The van der Waals surface area contributed by atoms with Gasteiger partial charge >= 0.3 is 0 Å². The van der Waals surface area contributed by atoms with E-state index in [1.165, 1.54) is 11.4 Å². The van der Waals surface area contributed by atoms with Crippen LogP contribution in [-0.2, 0) is 0 Å². The van der Waals surface area contributed by atoms with Crippen LogP contribution in [0.25, 0.3) is 0 Å². The lowest BCUT2D eigenvalue weighted by atomic mass is 10.0. The minimum absolute atomic E-state index is 0.242. The van der Waals surface area contributed by atoms with E-state index in [4.69, 9.17) is 0 Å². The number of fused-ring (bicyclic) bond motifs is 1. The third-order valence-electron chi connectivity index (χ3n) is 4.21. The second kappa shape index (κ2) is 5.83. The lowest BCUT2D eigenvalue weighted by Gasteiger charge is -2.37. The van der Waals surface area contributed by atoms with Gasteiger partial charge in [-0.25, -0.2) is 0 Å². The molecule has 1 aliphatic rings. The van der Waals surface area contributed by atoms with Crippen molar-refractivity contribution in [2.45, 2.75) is 32.7 Å². The maximum Gasteiger partial charge on any atom is 0.0605 e. The number of nitrogens with zero attached hydrogens (tertiary/aromatic N) is 2. The Morgan fingerprint density at radius 3 is 2.53 bits per heavy atom. The van der Waals surface area contributed by atoms with E-state index in [1.807, 2.05) is 0 Å². The van der Waals surface area contributed by atoms with Gasteiger partial charge in [0.05, 0.1) is 11.4 Å². The maximum absolute atomic E-state index is 3.64. The van der Waals surface area contributed by atoms with Crippen molar-refractivity contribution in [2.75, 3.05) is 43.0 Å². The summed E-state index contributed by atoms with van der Waals surface area (Å²) in [5.41, 5.74) is 2.96. The van der Waals surface area contributed by atoms with Crippen molar-refractivity contribution in [2.24, 2.45) is 0 Å². The van der Waals surface area contributed by atoms with Crippen molar-refractivity contribution in [1.82, 2.24) is 5.32 Å². The molecular weight excluding hydrogens is 234 g/mol. The number of hydrogen-bond donors (Lipinski definition) is 1. The van der Waals surface area contributed by atoms with E-state index in [2.05, 4.69) is 67.2 Å². The first-order valence-electron chi connectivity index (χ1n) is 7.33. The van der Waals surface area contributed by atoms with E-state index >= 15 is 0 Å². The van der Waals surface area contributed by atoms with E-state index in [-0.39, 0.29) is 5.54 Å². The molecule has 106 valence electrons. The van der Waals surface area contributed by atoms with Gasteiger partial charge in [0.25, 0.3) is 0 Å². The highest BCUT2D eigenvalue weighted by molar-refractivity contribution is 5.73. The molecule has 0 aliphatic carbocycles. The number of hydrogen-bond acceptors (Lipinski definition) is 3. The molecule has 0 spiro atoms. The van der Waals surface area contributed by atoms with Crippen LogP contribution in [0.3, 0.4) is 0 Å². The van der Waals surface area contributed by atoms with E-state index in [0.29, 0.717) is 0 Å². The molecule has 1 aromatic carbocycles. The standard InChI is InChI=1S/C16H27N3/c1-5-16(2,3)17-10-11-19-13-12-18(4)14-8-6-7-9-15(14)19/h6-9,17H,5,10-13H2,1-4H3. The van der Waals surface area contributed by atoms with Crippen LogP contribution in [0, 0.1) is 0 Å². The second-order valence-electron chi connectivity index (χ2n) is 6.06. The Bertz CT molecular complexity index is 414. The van der Waals surface area contributed by atoms with Crippen molar-refractivity contribution in [3.8, 4) is 0 Å². The fraction of sp³-hybridized carbons (Fsp3) is 0.625. The van der Waals surface area contributed by atoms with Gasteiger partial charge in [-0.2, -0.15) is 0 Å². The van der Waals surface area contributed by atoms with Gasteiger partial charge in [0.2, 0.25) is 0 Å². The van der Waals surface area contributed by atoms with Crippen LogP contribution in [0.15, 0.2) is 24.3 Å². The highest BCUT2D eigenvalue weighted by atomic mass is 15.3. The lowest BCUT2D eigenvalue weighted by Crippen LogP contribution is -2.46. The number of benzene rings is 1. The predicted molar refractivity (Wildman–Crippen MR) is 84.3 cm³/mol. The zero-order chi connectivity index (χ0) is 13.9. The minimum Gasteiger partial charge on any atom is -0.371 e. The molecule has 2 rings (SSSR count). The molecule has 1 N–H and O–H groups in total. The predicted octanol–water partition coefficient (Wildman–Crippen LogP) is 2.72. The normalized spacial score (nSPS) is 15.6. The molecule has 0 amide bonds. The number of anilines is 2. The zero-order valence-corrected chi connectivity index (χ0v) is 12.7. The van der Waals surface area contributed by atoms with Gasteiger partial charge in [-0.3, -0.25) is 0 Å². The summed E-state index contributed by atoms with van der Waals surface area (Å²) in [6.45, 7) is 11.1. The largest absolute Gasteiger partial charge is 0.371 e. The van der Waals surface area contributed by atoms with Crippen molar-refractivity contribution in [3.63, 3.8) is 0 Å². The molecule has 0 aromatic heterocycles. The Morgan fingerprint density at radius 2 is 1.84 bits per heavy atom. The van der Waals surface area contributed by atoms with Crippen LogP contribution in [-0.4, -0.2) is 38.8 Å². The van der Waals surface area contributed by atoms with E-state index in [0.717, 1.165) is 32.6 Å². The summed E-state index contributed by atoms with van der Waals surface area (Å²) >= 11 is 0. The van der Waals surface area contributed by atoms with Crippen LogP contribution >= 0.6 is 0 Å². The van der Waals surface area contributed by atoms with Gasteiger partial charge in [-0.05, 0) is 32.4 Å². The smallest absolute Gasteiger partial charge is 0.0605 e. The molecule has 19 heavy (non-hydrogen) atoms. The molecular formula is C16H27N3. The van der Waals surface area contributed by atoms with Crippen molar-refractivity contribution in [3.05, 3.63) is 24.3 Å². The fourth-order valence-corrected chi connectivity index (χ4v) is 2.45. The topological polar surface area (TPSA) is 18.5 Å². The summed E-state index contributed by atoms with van der Waals surface area (Å²) < 4.78 is 0. The molecule has 0 saturated carbocycles. The molecule has 1 aliphatic heterocycles. The molecule has 1 aromatic rings. The summed E-state index contributed by atoms with van der Waals surface area (Å²) in [4.78, 5) is 4.84. The highest BCUT2D eigenvalue weighted by Gasteiger charge is 2.20. The number of nitrogens with one attached hydrogen (secondary N) is 1. The number of rotatable bonds is 5. The first-order chi connectivity index (χ1) is 9.03. The lowest BCUT2D eigenvalue weighted by molar-refractivity contribution is 0.379. The quantitative estimate of drug-likeness (QED) is 0.879. The molecule has 0 unspecified atom stereocenters. The Kier molecular flexibility index (Phi) is 4.35. The molecule has 0 bridgehead atoms.